The highest BCUT2D eigenvalue weighted by Crippen LogP contribution is 2.43. The van der Waals surface area contributed by atoms with Gasteiger partial charge in [-0.2, -0.15) is 0 Å². The normalized spacial score (nSPS) is 21.2. The van der Waals surface area contributed by atoms with Crippen LogP contribution in [0.4, 0.5) is 5.69 Å². The lowest BCUT2D eigenvalue weighted by molar-refractivity contribution is -0.149. The second-order valence-corrected chi connectivity index (χ2v) is 9.75. The van der Waals surface area contributed by atoms with E-state index in [1.807, 2.05) is 6.07 Å². The highest BCUT2D eigenvalue weighted by atomic mass is 35.5. The summed E-state index contributed by atoms with van der Waals surface area (Å²) in [6.45, 7) is 9.34. The third kappa shape index (κ3) is 4.81. The number of carbonyl (C=O) groups is 2. The highest BCUT2D eigenvalue weighted by molar-refractivity contribution is 6.30. The molecule has 1 aromatic rings. The van der Waals surface area contributed by atoms with Gasteiger partial charge < -0.3 is 15.0 Å². The minimum Gasteiger partial charge on any atom is -0.451 e. The zero-order chi connectivity index (χ0) is 22.7. The first-order valence-electron chi connectivity index (χ1n) is 11.9. The maximum absolute atomic E-state index is 13.0. The van der Waals surface area contributed by atoms with Crippen molar-refractivity contribution in [2.45, 2.75) is 58.0 Å². The van der Waals surface area contributed by atoms with E-state index in [0.717, 1.165) is 76.3 Å². The Labute approximate surface area is 195 Å². The van der Waals surface area contributed by atoms with Gasteiger partial charge in [0.1, 0.15) is 5.60 Å². The number of nitrogens with one attached hydrogen (secondary N) is 1. The molecular formula is C25H34ClN3O3. The van der Waals surface area contributed by atoms with Gasteiger partial charge in [0, 0.05) is 49.0 Å². The second kappa shape index (κ2) is 9.84. The van der Waals surface area contributed by atoms with E-state index >= 15 is 0 Å². The quantitative estimate of drug-likeness (QED) is 0.517. The molecule has 2 fully saturated rings. The number of esters is 1. The molecule has 174 valence electrons. The fourth-order valence-corrected chi connectivity index (χ4v) is 5.50. The number of anilines is 1. The van der Waals surface area contributed by atoms with Crippen LogP contribution < -0.4 is 10.2 Å². The van der Waals surface area contributed by atoms with Crippen LogP contribution in [-0.4, -0.2) is 61.6 Å². The van der Waals surface area contributed by atoms with Crippen molar-refractivity contribution in [3.63, 3.8) is 0 Å². The van der Waals surface area contributed by atoms with Gasteiger partial charge >= 0.3 is 5.97 Å². The molecule has 0 unspecified atom stereocenters. The summed E-state index contributed by atoms with van der Waals surface area (Å²) in [6, 6.07) is 6.06. The molecule has 1 aromatic carbocycles. The van der Waals surface area contributed by atoms with E-state index < -0.39 is 5.60 Å². The van der Waals surface area contributed by atoms with Crippen molar-refractivity contribution >= 4 is 29.2 Å². The van der Waals surface area contributed by atoms with E-state index in [2.05, 4.69) is 34.2 Å². The molecule has 0 radical (unpaired) electrons. The predicted molar refractivity (Wildman–Crippen MR) is 127 cm³/mol. The highest BCUT2D eigenvalue weighted by Gasteiger charge is 2.49. The summed E-state index contributed by atoms with van der Waals surface area (Å²) in [7, 11) is 0. The van der Waals surface area contributed by atoms with Gasteiger partial charge in [-0.3, -0.25) is 9.69 Å². The minimum absolute atomic E-state index is 0.128. The topological polar surface area (TPSA) is 61.9 Å². The number of rotatable bonds is 6. The lowest BCUT2D eigenvalue weighted by Gasteiger charge is -2.37. The van der Waals surface area contributed by atoms with Crippen molar-refractivity contribution in [2.24, 2.45) is 0 Å². The Kier molecular flexibility index (Phi) is 7.11. The SMILES string of the molecule is CC1=C(C(=O)NCCCN2CCN(c3cc(Cl)ccc3C)CC2)C2(CCCCC2)OC1=O. The molecule has 2 heterocycles. The molecule has 7 heteroatoms. The molecule has 1 aliphatic carbocycles. The van der Waals surface area contributed by atoms with E-state index in [9.17, 15) is 9.59 Å². The number of hydrogen-bond donors (Lipinski definition) is 1. The Morgan fingerprint density at radius 1 is 1.12 bits per heavy atom. The number of carbonyl (C=O) groups excluding carboxylic acids is 2. The van der Waals surface area contributed by atoms with Gasteiger partial charge in [0.25, 0.3) is 5.91 Å². The molecule has 1 N–H and O–H groups in total. The van der Waals surface area contributed by atoms with Crippen LogP contribution in [0.1, 0.15) is 51.0 Å². The van der Waals surface area contributed by atoms with E-state index in [1.54, 1.807) is 6.92 Å². The lowest BCUT2D eigenvalue weighted by Crippen LogP contribution is -2.47. The number of amides is 1. The Morgan fingerprint density at radius 2 is 1.84 bits per heavy atom. The molecule has 0 bridgehead atoms. The van der Waals surface area contributed by atoms with Crippen LogP contribution in [0, 0.1) is 6.92 Å². The number of halogens is 1. The van der Waals surface area contributed by atoms with Crippen molar-refractivity contribution in [1.82, 2.24) is 10.2 Å². The summed E-state index contributed by atoms with van der Waals surface area (Å²) in [6.07, 6.45) is 5.54. The standard InChI is InChI=1S/C25H34ClN3O3/c1-18-7-8-20(26)17-21(18)29-15-13-28(14-16-29)12-6-11-27-23(30)22-19(2)24(31)32-25(22)9-4-3-5-10-25/h7-8,17H,3-6,9-16H2,1-2H3,(H,27,30). The van der Waals surface area contributed by atoms with Crippen LogP contribution in [0.2, 0.25) is 5.02 Å². The summed E-state index contributed by atoms with van der Waals surface area (Å²) in [5.41, 5.74) is 2.85. The number of nitrogens with zero attached hydrogens (tertiary/aromatic N) is 2. The number of piperazine rings is 1. The summed E-state index contributed by atoms with van der Waals surface area (Å²) < 4.78 is 5.70. The van der Waals surface area contributed by atoms with Gasteiger partial charge in [-0.25, -0.2) is 4.79 Å². The average molecular weight is 460 g/mol. The summed E-state index contributed by atoms with van der Waals surface area (Å²) in [5.74, 6) is -0.457. The molecule has 32 heavy (non-hydrogen) atoms. The van der Waals surface area contributed by atoms with Crippen molar-refractivity contribution in [3.05, 3.63) is 39.9 Å². The smallest absolute Gasteiger partial charge is 0.335 e. The summed E-state index contributed by atoms with van der Waals surface area (Å²) >= 11 is 6.19. The fourth-order valence-electron chi connectivity index (χ4n) is 5.33. The summed E-state index contributed by atoms with van der Waals surface area (Å²) in [4.78, 5) is 30.0. The van der Waals surface area contributed by atoms with Gasteiger partial charge in [0.05, 0.1) is 5.57 Å². The van der Waals surface area contributed by atoms with Crippen LogP contribution in [0.5, 0.6) is 0 Å². The average Bonchev–Trinajstić information content (AvgIpc) is 3.02. The molecule has 1 saturated heterocycles. The predicted octanol–water partition coefficient (Wildman–Crippen LogP) is 3.85. The monoisotopic (exact) mass is 459 g/mol. The van der Waals surface area contributed by atoms with Gasteiger partial charge in [-0.05, 0) is 70.2 Å². The maximum Gasteiger partial charge on any atom is 0.335 e. The van der Waals surface area contributed by atoms with E-state index in [0.29, 0.717) is 17.7 Å². The third-order valence-corrected chi connectivity index (χ3v) is 7.37. The number of aryl methyl sites for hydroxylation is 1. The largest absolute Gasteiger partial charge is 0.451 e. The molecule has 3 aliphatic rings. The molecule has 2 aliphatic heterocycles. The van der Waals surface area contributed by atoms with Crippen LogP contribution in [0.15, 0.2) is 29.3 Å². The van der Waals surface area contributed by atoms with E-state index in [4.69, 9.17) is 16.3 Å². The zero-order valence-electron chi connectivity index (χ0n) is 19.2. The molecule has 1 spiro atoms. The summed E-state index contributed by atoms with van der Waals surface area (Å²) in [5, 5.41) is 3.83. The van der Waals surface area contributed by atoms with Crippen LogP contribution in [-0.2, 0) is 14.3 Å². The fraction of sp³-hybridized carbons (Fsp3) is 0.600. The molecule has 0 aromatic heterocycles. The lowest BCUT2D eigenvalue weighted by atomic mass is 9.78. The first-order valence-corrected chi connectivity index (χ1v) is 12.2. The maximum atomic E-state index is 13.0. The van der Waals surface area contributed by atoms with E-state index in [-0.39, 0.29) is 11.9 Å². The first kappa shape index (κ1) is 23.1. The van der Waals surface area contributed by atoms with Crippen molar-refractivity contribution in [3.8, 4) is 0 Å². The Balaban J connectivity index is 1.23. The molecule has 0 atom stereocenters. The van der Waals surface area contributed by atoms with Crippen LogP contribution in [0.25, 0.3) is 0 Å². The Bertz CT molecular complexity index is 900. The molecule has 1 saturated carbocycles. The van der Waals surface area contributed by atoms with Gasteiger partial charge in [0.15, 0.2) is 0 Å². The number of hydrogen-bond acceptors (Lipinski definition) is 5. The molecule has 1 amide bonds. The van der Waals surface area contributed by atoms with E-state index in [1.165, 1.54) is 11.3 Å². The van der Waals surface area contributed by atoms with Crippen molar-refractivity contribution in [2.75, 3.05) is 44.2 Å². The van der Waals surface area contributed by atoms with Crippen molar-refractivity contribution in [1.29, 1.82) is 0 Å². The minimum atomic E-state index is -0.682. The van der Waals surface area contributed by atoms with Gasteiger partial charge in [-0.15, -0.1) is 0 Å². The second-order valence-electron chi connectivity index (χ2n) is 9.31. The Morgan fingerprint density at radius 3 is 2.56 bits per heavy atom. The zero-order valence-corrected chi connectivity index (χ0v) is 20.0. The molecular weight excluding hydrogens is 426 g/mol. The first-order chi connectivity index (χ1) is 15.4. The van der Waals surface area contributed by atoms with Crippen LogP contribution >= 0.6 is 11.6 Å². The van der Waals surface area contributed by atoms with Crippen molar-refractivity contribution < 1.29 is 14.3 Å². The third-order valence-electron chi connectivity index (χ3n) is 7.13. The number of benzene rings is 1. The van der Waals surface area contributed by atoms with Gasteiger partial charge in [0.2, 0.25) is 0 Å². The molecule has 4 rings (SSSR count). The van der Waals surface area contributed by atoms with Crippen LogP contribution in [0.3, 0.4) is 0 Å². The molecule has 6 nitrogen and oxygen atoms in total. The van der Waals surface area contributed by atoms with Gasteiger partial charge in [-0.1, -0.05) is 24.1 Å². The number of ether oxygens (including phenoxy) is 1. The Hall–Kier alpha value is -2.05.